The Hall–Kier alpha value is -3.09. The fourth-order valence-electron chi connectivity index (χ4n) is 3.99. The van der Waals surface area contributed by atoms with Crippen molar-refractivity contribution in [1.29, 1.82) is 0 Å². The molecule has 1 aliphatic carbocycles. The second kappa shape index (κ2) is 7.97. The van der Waals surface area contributed by atoms with E-state index < -0.39 is 5.97 Å². The lowest BCUT2D eigenvalue weighted by Crippen LogP contribution is -2.21. The molecule has 0 aliphatic heterocycles. The van der Waals surface area contributed by atoms with Gasteiger partial charge in [-0.1, -0.05) is 50.8 Å². The number of hydrogen-bond donors (Lipinski definition) is 1. The Kier molecular flexibility index (Phi) is 5.37. The zero-order chi connectivity index (χ0) is 21.3. The average Bonchev–Trinajstić information content (AvgIpc) is 3.26. The second-order valence-electron chi connectivity index (χ2n) is 8.22. The third-order valence-corrected chi connectivity index (χ3v) is 6.61. The van der Waals surface area contributed by atoms with Gasteiger partial charge in [-0.25, -0.2) is 4.79 Å². The molecule has 0 radical (unpaired) electrons. The lowest BCUT2D eigenvalue weighted by molar-refractivity contribution is 0.0695. The van der Waals surface area contributed by atoms with Crippen molar-refractivity contribution >= 4 is 22.9 Å². The van der Waals surface area contributed by atoms with E-state index in [1.54, 1.807) is 23.5 Å². The van der Waals surface area contributed by atoms with Gasteiger partial charge in [-0.15, -0.1) is 11.3 Å². The van der Waals surface area contributed by atoms with Gasteiger partial charge in [-0.3, -0.25) is 0 Å². The summed E-state index contributed by atoms with van der Waals surface area (Å²) in [5.74, 6) is 5.61. The van der Waals surface area contributed by atoms with Crippen LogP contribution in [-0.2, 0) is 11.8 Å². The summed E-state index contributed by atoms with van der Waals surface area (Å²) >= 11 is 1.76. The van der Waals surface area contributed by atoms with Crippen LogP contribution >= 0.6 is 11.3 Å². The summed E-state index contributed by atoms with van der Waals surface area (Å²) in [6, 6.07) is 16.1. The van der Waals surface area contributed by atoms with Gasteiger partial charge in [0, 0.05) is 16.0 Å². The van der Waals surface area contributed by atoms with E-state index in [9.17, 15) is 9.90 Å². The summed E-state index contributed by atoms with van der Waals surface area (Å²) in [6.45, 7) is 6.53. The maximum Gasteiger partial charge on any atom is 0.335 e. The average molecular weight is 413 g/mol. The quantitative estimate of drug-likeness (QED) is 0.497. The van der Waals surface area contributed by atoms with Crippen molar-refractivity contribution in [2.75, 3.05) is 0 Å². The van der Waals surface area contributed by atoms with E-state index in [2.05, 4.69) is 67.5 Å². The normalized spacial score (nSPS) is 14.3. The Morgan fingerprint density at radius 3 is 2.50 bits per heavy atom. The van der Waals surface area contributed by atoms with Gasteiger partial charge >= 0.3 is 5.97 Å². The van der Waals surface area contributed by atoms with E-state index >= 15 is 0 Å². The Labute approximate surface area is 181 Å². The highest BCUT2D eigenvalue weighted by atomic mass is 32.1. The number of thiophene rings is 1. The Bertz CT molecular complexity index is 1200. The van der Waals surface area contributed by atoms with Crippen LogP contribution < -0.4 is 0 Å². The van der Waals surface area contributed by atoms with Gasteiger partial charge in [0.25, 0.3) is 0 Å². The van der Waals surface area contributed by atoms with E-state index in [4.69, 9.17) is 0 Å². The first-order valence-corrected chi connectivity index (χ1v) is 11.0. The van der Waals surface area contributed by atoms with Gasteiger partial charge in [0.05, 0.1) is 5.56 Å². The van der Waals surface area contributed by atoms with Gasteiger partial charge in [0.15, 0.2) is 0 Å². The predicted molar refractivity (Wildman–Crippen MR) is 124 cm³/mol. The molecule has 1 heterocycles. The Morgan fingerprint density at radius 2 is 1.83 bits per heavy atom. The standard InChI is InChI=1S/C27H24O2S/c1-4-20-16-18(9-11-21(20)26(28)29)7-8-19-10-12-24-23(17-19)22(13-14-27(24,2)3)25-6-5-15-30-25/h5-6,9-13,15-17H,4,14H2,1-3H3,(H,28,29). The molecule has 2 aromatic carbocycles. The minimum atomic E-state index is -0.892. The minimum Gasteiger partial charge on any atom is -0.478 e. The van der Waals surface area contributed by atoms with Crippen LogP contribution in [0.5, 0.6) is 0 Å². The van der Waals surface area contributed by atoms with E-state index in [0.29, 0.717) is 12.0 Å². The first-order chi connectivity index (χ1) is 14.4. The Balaban J connectivity index is 1.73. The van der Waals surface area contributed by atoms with E-state index in [0.717, 1.165) is 23.1 Å². The molecule has 2 nitrogen and oxygen atoms in total. The van der Waals surface area contributed by atoms with Gasteiger partial charge in [-0.05, 0) is 82.3 Å². The van der Waals surface area contributed by atoms with Crippen molar-refractivity contribution in [1.82, 2.24) is 0 Å². The van der Waals surface area contributed by atoms with Crippen LogP contribution in [-0.4, -0.2) is 11.1 Å². The largest absolute Gasteiger partial charge is 0.478 e. The molecule has 0 atom stereocenters. The highest BCUT2D eigenvalue weighted by Gasteiger charge is 2.28. The summed E-state index contributed by atoms with van der Waals surface area (Å²) in [7, 11) is 0. The third-order valence-electron chi connectivity index (χ3n) is 5.71. The molecule has 1 aliphatic rings. The van der Waals surface area contributed by atoms with Gasteiger partial charge < -0.3 is 5.11 Å². The van der Waals surface area contributed by atoms with Crippen molar-refractivity contribution in [3.63, 3.8) is 0 Å². The monoisotopic (exact) mass is 412 g/mol. The van der Waals surface area contributed by atoms with Crippen LogP contribution in [0.25, 0.3) is 5.57 Å². The molecule has 4 rings (SSSR count). The van der Waals surface area contributed by atoms with Gasteiger partial charge in [0.2, 0.25) is 0 Å². The maximum atomic E-state index is 11.3. The van der Waals surface area contributed by atoms with Gasteiger partial charge in [0.1, 0.15) is 0 Å². The highest BCUT2D eigenvalue weighted by molar-refractivity contribution is 7.11. The molecular formula is C27H24O2S. The molecule has 0 saturated heterocycles. The molecule has 30 heavy (non-hydrogen) atoms. The molecule has 0 saturated carbocycles. The fraction of sp³-hybridized carbons (Fsp3) is 0.222. The Morgan fingerprint density at radius 1 is 1.10 bits per heavy atom. The summed E-state index contributed by atoms with van der Waals surface area (Å²) in [4.78, 5) is 12.6. The highest BCUT2D eigenvalue weighted by Crippen LogP contribution is 2.42. The number of carbonyl (C=O) groups is 1. The first kappa shape index (κ1) is 20.2. The van der Waals surface area contributed by atoms with Crippen molar-refractivity contribution in [3.8, 4) is 11.8 Å². The lowest BCUT2D eigenvalue weighted by atomic mass is 9.73. The number of hydrogen-bond acceptors (Lipinski definition) is 2. The fourth-order valence-corrected chi connectivity index (χ4v) is 4.78. The van der Waals surface area contributed by atoms with Crippen molar-refractivity contribution < 1.29 is 9.90 Å². The molecule has 3 heteroatoms. The molecule has 3 aromatic rings. The lowest BCUT2D eigenvalue weighted by Gasteiger charge is -2.32. The molecule has 1 aromatic heterocycles. The molecule has 0 bridgehead atoms. The van der Waals surface area contributed by atoms with Crippen molar-refractivity contribution in [3.05, 3.63) is 98.2 Å². The van der Waals surface area contributed by atoms with Crippen molar-refractivity contribution in [2.45, 2.75) is 39.0 Å². The number of allylic oxidation sites excluding steroid dienone is 1. The number of aryl methyl sites for hydroxylation is 1. The van der Waals surface area contributed by atoms with Crippen LogP contribution in [0.15, 0.2) is 60.0 Å². The van der Waals surface area contributed by atoms with E-state index in [1.807, 2.05) is 13.0 Å². The summed E-state index contributed by atoms with van der Waals surface area (Å²) in [5.41, 5.74) is 6.98. The summed E-state index contributed by atoms with van der Waals surface area (Å²) < 4.78 is 0. The van der Waals surface area contributed by atoms with Gasteiger partial charge in [-0.2, -0.15) is 0 Å². The predicted octanol–water partition coefficient (Wildman–Crippen LogP) is 6.52. The molecule has 0 spiro atoms. The number of carboxylic acid groups (broad SMARTS) is 1. The first-order valence-electron chi connectivity index (χ1n) is 10.2. The van der Waals surface area contributed by atoms with E-state index in [-0.39, 0.29) is 5.41 Å². The molecule has 1 N–H and O–H groups in total. The molecule has 0 fully saturated rings. The SMILES string of the molecule is CCc1cc(C#Cc2ccc3c(c2)C(c2cccs2)=CCC3(C)C)ccc1C(=O)O. The number of carboxylic acids is 1. The topological polar surface area (TPSA) is 37.3 Å². The summed E-state index contributed by atoms with van der Waals surface area (Å²) in [6.07, 6.45) is 4.04. The second-order valence-corrected chi connectivity index (χ2v) is 9.17. The number of fused-ring (bicyclic) bond motifs is 1. The van der Waals surface area contributed by atoms with Crippen LogP contribution in [0.1, 0.15) is 70.2 Å². The van der Waals surface area contributed by atoms with Crippen LogP contribution in [0.2, 0.25) is 0 Å². The van der Waals surface area contributed by atoms with Crippen LogP contribution in [0.4, 0.5) is 0 Å². The molecule has 0 unspecified atom stereocenters. The maximum absolute atomic E-state index is 11.3. The minimum absolute atomic E-state index is 0.102. The molecular weight excluding hydrogens is 388 g/mol. The third kappa shape index (κ3) is 3.84. The summed E-state index contributed by atoms with van der Waals surface area (Å²) in [5, 5.41) is 11.4. The zero-order valence-electron chi connectivity index (χ0n) is 17.5. The number of benzene rings is 2. The van der Waals surface area contributed by atoms with E-state index in [1.165, 1.54) is 21.6 Å². The number of rotatable bonds is 3. The van der Waals surface area contributed by atoms with Crippen molar-refractivity contribution in [2.24, 2.45) is 0 Å². The number of aromatic carboxylic acids is 1. The zero-order valence-corrected chi connectivity index (χ0v) is 18.3. The molecule has 150 valence electrons. The van der Waals surface area contributed by atoms with Crippen LogP contribution in [0.3, 0.4) is 0 Å². The van der Waals surface area contributed by atoms with Crippen LogP contribution in [0, 0.1) is 11.8 Å². The smallest absolute Gasteiger partial charge is 0.335 e. The molecule has 0 amide bonds.